The monoisotopic (exact) mass is 456 g/mol. The van der Waals surface area contributed by atoms with Crippen molar-refractivity contribution >= 4 is 44.8 Å². The molecule has 6 nitrogen and oxygen atoms in total. The van der Waals surface area contributed by atoms with Crippen LogP contribution in [-0.2, 0) is 20.6 Å². The number of amides is 1. The number of nitrogens with one attached hydrogen (secondary N) is 1. The predicted octanol–water partition coefficient (Wildman–Crippen LogP) is 4.18. The van der Waals surface area contributed by atoms with Gasteiger partial charge in [0.1, 0.15) is 5.75 Å². The zero-order valence-corrected chi connectivity index (χ0v) is 18.2. The molecule has 0 radical (unpaired) electrons. The van der Waals surface area contributed by atoms with Crippen LogP contribution < -0.4 is 10.1 Å². The van der Waals surface area contributed by atoms with Crippen LogP contribution in [0.1, 0.15) is 18.4 Å². The standard InChI is InChI=1S/C20H22Cl2N2O4S/c1-28-16-9-7-15(8-10-16)23-20(25)14-4-3-11-24(12-14)29(26,27)13-17-18(21)5-2-6-19(17)22/h2,5-10,14H,3-4,11-13H2,1H3,(H,23,25). The lowest BCUT2D eigenvalue weighted by molar-refractivity contribution is -0.120. The van der Waals surface area contributed by atoms with E-state index in [2.05, 4.69) is 5.32 Å². The van der Waals surface area contributed by atoms with E-state index in [4.69, 9.17) is 27.9 Å². The van der Waals surface area contributed by atoms with Crippen molar-refractivity contribution in [2.24, 2.45) is 5.92 Å². The van der Waals surface area contributed by atoms with Crippen LogP contribution in [0.15, 0.2) is 42.5 Å². The van der Waals surface area contributed by atoms with E-state index >= 15 is 0 Å². The lowest BCUT2D eigenvalue weighted by atomic mass is 9.99. The number of nitrogens with zero attached hydrogens (tertiary/aromatic N) is 1. The molecule has 2 aromatic carbocycles. The molecule has 1 saturated heterocycles. The number of rotatable bonds is 6. The highest BCUT2D eigenvalue weighted by Crippen LogP contribution is 2.29. The van der Waals surface area contributed by atoms with E-state index in [0.717, 1.165) is 0 Å². The highest BCUT2D eigenvalue weighted by molar-refractivity contribution is 7.88. The second-order valence-corrected chi connectivity index (χ2v) is 9.65. The first kappa shape index (κ1) is 21.9. The van der Waals surface area contributed by atoms with Crippen LogP contribution in [-0.4, -0.2) is 38.8 Å². The molecule has 0 bridgehead atoms. The van der Waals surface area contributed by atoms with Crippen LogP contribution in [0.25, 0.3) is 0 Å². The number of ether oxygens (including phenoxy) is 1. The molecule has 1 heterocycles. The largest absolute Gasteiger partial charge is 0.497 e. The van der Waals surface area contributed by atoms with Crippen LogP contribution >= 0.6 is 23.2 Å². The molecule has 29 heavy (non-hydrogen) atoms. The molecular formula is C20H22Cl2N2O4S. The maximum Gasteiger partial charge on any atom is 0.228 e. The van der Waals surface area contributed by atoms with Crippen molar-refractivity contribution in [2.75, 3.05) is 25.5 Å². The number of carbonyl (C=O) groups excluding carboxylic acids is 1. The van der Waals surface area contributed by atoms with E-state index in [9.17, 15) is 13.2 Å². The number of methoxy groups -OCH3 is 1. The molecule has 9 heteroatoms. The summed E-state index contributed by atoms with van der Waals surface area (Å²) < 4.78 is 32.3. The summed E-state index contributed by atoms with van der Waals surface area (Å²) in [6, 6.07) is 11.9. The molecule has 1 amide bonds. The molecule has 0 saturated carbocycles. The van der Waals surface area contributed by atoms with Crippen LogP contribution in [0.4, 0.5) is 5.69 Å². The van der Waals surface area contributed by atoms with Crippen LogP contribution in [0, 0.1) is 5.92 Å². The number of sulfonamides is 1. The zero-order valence-electron chi connectivity index (χ0n) is 15.9. The second kappa shape index (κ2) is 9.34. The van der Waals surface area contributed by atoms with Gasteiger partial charge < -0.3 is 10.1 Å². The van der Waals surface area contributed by atoms with Gasteiger partial charge in [0.2, 0.25) is 15.9 Å². The Bertz CT molecular complexity index is 960. The van der Waals surface area contributed by atoms with Crippen molar-refractivity contribution < 1.29 is 17.9 Å². The SMILES string of the molecule is COc1ccc(NC(=O)C2CCCN(S(=O)(=O)Cc3c(Cl)cccc3Cl)C2)cc1. The van der Waals surface area contributed by atoms with Gasteiger partial charge in [-0.3, -0.25) is 4.79 Å². The summed E-state index contributed by atoms with van der Waals surface area (Å²) in [5.74, 6) is -0.234. The summed E-state index contributed by atoms with van der Waals surface area (Å²) in [6.45, 7) is 0.503. The van der Waals surface area contributed by atoms with Gasteiger partial charge in [0.15, 0.2) is 0 Å². The molecule has 1 N–H and O–H groups in total. The van der Waals surface area contributed by atoms with Gasteiger partial charge in [-0.1, -0.05) is 29.3 Å². The van der Waals surface area contributed by atoms with E-state index in [1.54, 1.807) is 49.6 Å². The van der Waals surface area contributed by atoms with Crippen molar-refractivity contribution in [3.63, 3.8) is 0 Å². The molecule has 1 fully saturated rings. The minimum Gasteiger partial charge on any atom is -0.497 e. The van der Waals surface area contributed by atoms with Crippen molar-refractivity contribution in [1.29, 1.82) is 0 Å². The maximum absolute atomic E-state index is 12.9. The van der Waals surface area contributed by atoms with Crippen LogP contribution in [0.5, 0.6) is 5.75 Å². The predicted molar refractivity (Wildman–Crippen MR) is 115 cm³/mol. The van der Waals surface area contributed by atoms with Gasteiger partial charge >= 0.3 is 0 Å². The molecule has 0 aliphatic carbocycles. The number of halogens is 2. The van der Waals surface area contributed by atoms with Crippen molar-refractivity contribution in [1.82, 2.24) is 4.31 Å². The van der Waals surface area contributed by atoms with Gasteiger partial charge in [-0.15, -0.1) is 0 Å². The van der Waals surface area contributed by atoms with Crippen molar-refractivity contribution in [3.8, 4) is 5.75 Å². The summed E-state index contributed by atoms with van der Waals surface area (Å²) in [4.78, 5) is 12.7. The summed E-state index contributed by atoms with van der Waals surface area (Å²) in [5, 5.41) is 3.47. The van der Waals surface area contributed by atoms with Crippen molar-refractivity contribution in [2.45, 2.75) is 18.6 Å². The second-order valence-electron chi connectivity index (χ2n) is 6.87. The highest BCUT2D eigenvalue weighted by atomic mass is 35.5. The van der Waals surface area contributed by atoms with E-state index in [-0.39, 0.29) is 18.2 Å². The number of benzene rings is 2. The van der Waals surface area contributed by atoms with E-state index in [1.165, 1.54) is 4.31 Å². The summed E-state index contributed by atoms with van der Waals surface area (Å²) in [6.07, 6.45) is 1.23. The lowest BCUT2D eigenvalue weighted by Crippen LogP contribution is -2.44. The molecule has 156 valence electrons. The Kier molecular flexibility index (Phi) is 7.05. The number of hydrogen-bond donors (Lipinski definition) is 1. The molecule has 1 aliphatic heterocycles. The normalized spacial score (nSPS) is 17.7. The van der Waals surface area contributed by atoms with Gasteiger partial charge in [-0.05, 0) is 49.2 Å². The number of piperidine rings is 1. The van der Waals surface area contributed by atoms with Gasteiger partial charge in [-0.25, -0.2) is 12.7 Å². The molecule has 2 aromatic rings. The fourth-order valence-electron chi connectivity index (χ4n) is 3.27. The molecule has 0 aromatic heterocycles. The quantitative estimate of drug-likeness (QED) is 0.706. The Morgan fingerprint density at radius 2 is 1.83 bits per heavy atom. The first-order valence-corrected chi connectivity index (χ1v) is 11.5. The van der Waals surface area contributed by atoms with E-state index in [1.807, 2.05) is 0 Å². The summed E-state index contributed by atoms with van der Waals surface area (Å²) in [7, 11) is -2.09. The Balaban J connectivity index is 1.68. The third-order valence-corrected chi connectivity index (χ3v) is 7.37. The fraction of sp³-hybridized carbons (Fsp3) is 0.350. The number of anilines is 1. The van der Waals surface area contributed by atoms with Crippen molar-refractivity contribution in [3.05, 3.63) is 58.1 Å². The molecule has 3 rings (SSSR count). The molecule has 0 spiro atoms. The third kappa shape index (κ3) is 5.42. The molecule has 1 unspecified atom stereocenters. The number of carbonyl (C=O) groups is 1. The van der Waals surface area contributed by atoms with Crippen LogP contribution in [0.2, 0.25) is 10.0 Å². The van der Waals surface area contributed by atoms with E-state index in [0.29, 0.717) is 46.4 Å². The topological polar surface area (TPSA) is 75.7 Å². The minimum absolute atomic E-state index is 0.131. The molecule has 1 aliphatic rings. The first-order valence-electron chi connectivity index (χ1n) is 9.16. The Morgan fingerprint density at radius 1 is 1.17 bits per heavy atom. The Labute approximate surface area is 180 Å². The average molecular weight is 457 g/mol. The third-order valence-electron chi connectivity index (χ3n) is 4.89. The highest BCUT2D eigenvalue weighted by Gasteiger charge is 2.33. The Morgan fingerprint density at radius 3 is 2.45 bits per heavy atom. The summed E-state index contributed by atoms with van der Waals surface area (Å²) in [5.41, 5.74) is 1.01. The van der Waals surface area contributed by atoms with Gasteiger partial charge in [0.25, 0.3) is 0 Å². The smallest absolute Gasteiger partial charge is 0.228 e. The Hall–Kier alpha value is -1.80. The fourth-order valence-corrected chi connectivity index (χ4v) is 5.63. The maximum atomic E-state index is 12.9. The average Bonchev–Trinajstić information content (AvgIpc) is 2.71. The first-order chi connectivity index (χ1) is 13.8. The van der Waals surface area contributed by atoms with Gasteiger partial charge in [0, 0.05) is 34.4 Å². The number of hydrogen-bond acceptors (Lipinski definition) is 4. The molecular weight excluding hydrogens is 435 g/mol. The summed E-state index contributed by atoms with van der Waals surface area (Å²) >= 11 is 12.3. The van der Waals surface area contributed by atoms with Crippen LogP contribution in [0.3, 0.4) is 0 Å². The van der Waals surface area contributed by atoms with E-state index < -0.39 is 15.9 Å². The van der Waals surface area contributed by atoms with Gasteiger partial charge in [0.05, 0.1) is 18.8 Å². The van der Waals surface area contributed by atoms with Gasteiger partial charge in [-0.2, -0.15) is 0 Å². The molecule has 1 atom stereocenters. The minimum atomic E-state index is -3.66. The lowest BCUT2D eigenvalue weighted by Gasteiger charge is -2.31. The zero-order chi connectivity index (χ0) is 21.0.